The molecule has 0 aromatic heterocycles. The molecule has 1 unspecified atom stereocenters. The summed E-state index contributed by atoms with van der Waals surface area (Å²) in [6.07, 6.45) is 0. The molecule has 0 aliphatic carbocycles. The molecule has 0 N–H and O–H groups in total. The van der Waals surface area contributed by atoms with Gasteiger partial charge in [-0.15, -0.1) is 0 Å². The van der Waals surface area contributed by atoms with Crippen molar-refractivity contribution in [2.24, 2.45) is 0 Å². The number of amides is 1. The second-order valence-corrected chi connectivity index (χ2v) is 7.57. The maximum Gasteiger partial charge on any atom is 0.244 e. The van der Waals surface area contributed by atoms with Crippen LogP contribution in [0.1, 0.15) is 42.7 Å². The van der Waals surface area contributed by atoms with Crippen molar-refractivity contribution in [1.82, 2.24) is 9.80 Å². The van der Waals surface area contributed by atoms with Crippen LogP contribution in [0.25, 0.3) is 0 Å². The van der Waals surface area contributed by atoms with Crippen molar-refractivity contribution in [3.05, 3.63) is 65.5 Å². The SMILES string of the molecule is CCN(CC)C(C(=O)N1CCN(c2ccc(C(C)=O)cc2F)CC1)c1ccccc1. The van der Waals surface area contributed by atoms with E-state index < -0.39 is 5.82 Å². The lowest BCUT2D eigenvalue weighted by molar-refractivity contribution is -0.137. The Morgan fingerprint density at radius 2 is 1.63 bits per heavy atom. The zero-order valence-electron chi connectivity index (χ0n) is 18.0. The predicted molar refractivity (Wildman–Crippen MR) is 117 cm³/mol. The summed E-state index contributed by atoms with van der Waals surface area (Å²) in [5.74, 6) is -0.455. The molecule has 1 aliphatic rings. The molecule has 3 rings (SSSR count). The van der Waals surface area contributed by atoms with E-state index >= 15 is 0 Å². The summed E-state index contributed by atoms with van der Waals surface area (Å²) in [4.78, 5) is 30.9. The van der Waals surface area contributed by atoms with Crippen LogP contribution in [0.2, 0.25) is 0 Å². The molecule has 0 saturated carbocycles. The third kappa shape index (κ3) is 4.70. The van der Waals surface area contributed by atoms with E-state index in [1.54, 1.807) is 12.1 Å². The highest BCUT2D eigenvalue weighted by molar-refractivity contribution is 5.94. The molecule has 1 atom stereocenters. The second-order valence-electron chi connectivity index (χ2n) is 7.57. The summed E-state index contributed by atoms with van der Waals surface area (Å²) in [5, 5.41) is 0. The van der Waals surface area contributed by atoms with E-state index in [1.165, 1.54) is 13.0 Å². The number of halogens is 1. The Morgan fingerprint density at radius 3 is 2.17 bits per heavy atom. The first kappa shape index (κ1) is 22.0. The fourth-order valence-electron chi connectivity index (χ4n) is 4.06. The first-order valence-corrected chi connectivity index (χ1v) is 10.6. The van der Waals surface area contributed by atoms with Crippen molar-refractivity contribution in [3.8, 4) is 0 Å². The largest absolute Gasteiger partial charge is 0.366 e. The molecular formula is C24H30FN3O2. The number of nitrogens with zero attached hydrogens (tertiary/aromatic N) is 3. The molecule has 5 nitrogen and oxygen atoms in total. The standard InChI is InChI=1S/C24H30FN3O2/c1-4-26(5-2)23(19-9-7-6-8-10-19)24(30)28-15-13-27(14-16-28)22-12-11-20(18(3)29)17-21(22)25/h6-12,17,23H,4-5,13-16H2,1-3H3. The molecule has 1 heterocycles. The number of Topliss-reactive ketones (excluding diaryl/α,β-unsaturated/α-hetero) is 1. The van der Waals surface area contributed by atoms with E-state index in [4.69, 9.17) is 0 Å². The minimum Gasteiger partial charge on any atom is -0.366 e. The van der Waals surface area contributed by atoms with Gasteiger partial charge in [-0.1, -0.05) is 44.2 Å². The molecule has 1 amide bonds. The van der Waals surface area contributed by atoms with E-state index in [2.05, 4.69) is 18.7 Å². The summed E-state index contributed by atoms with van der Waals surface area (Å²) in [7, 11) is 0. The first-order chi connectivity index (χ1) is 14.5. The fraction of sp³-hybridized carbons (Fsp3) is 0.417. The number of carbonyl (C=O) groups excluding carboxylic acids is 2. The van der Waals surface area contributed by atoms with E-state index in [9.17, 15) is 14.0 Å². The lowest BCUT2D eigenvalue weighted by Gasteiger charge is -2.39. The molecule has 2 aromatic rings. The summed E-state index contributed by atoms with van der Waals surface area (Å²) in [6.45, 7) is 9.33. The number of benzene rings is 2. The van der Waals surface area contributed by atoms with Gasteiger partial charge in [0.25, 0.3) is 0 Å². The zero-order chi connectivity index (χ0) is 21.7. The maximum atomic E-state index is 14.5. The number of ketones is 1. The minimum absolute atomic E-state index is 0.0944. The summed E-state index contributed by atoms with van der Waals surface area (Å²) in [5.41, 5.74) is 1.85. The van der Waals surface area contributed by atoms with E-state index in [0.29, 0.717) is 37.4 Å². The van der Waals surface area contributed by atoms with Crippen LogP contribution in [-0.2, 0) is 4.79 Å². The predicted octanol–water partition coefficient (Wildman–Crippen LogP) is 3.76. The van der Waals surface area contributed by atoms with Crippen LogP contribution in [0.5, 0.6) is 0 Å². The molecular weight excluding hydrogens is 381 g/mol. The molecule has 160 valence electrons. The topological polar surface area (TPSA) is 43.9 Å². The fourth-order valence-corrected chi connectivity index (χ4v) is 4.06. The van der Waals surface area contributed by atoms with Crippen LogP contribution in [-0.4, -0.2) is 60.8 Å². The Morgan fingerprint density at radius 1 is 1.00 bits per heavy atom. The number of carbonyl (C=O) groups is 2. The molecule has 1 saturated heterocycles. The number of likely N-dealkylation sites (N-methyl/N-ethyl adjacent to an activating group) is 1. The van der Waals surface area contributed by atoms with Crippen molar-refractivity contribution >= 4 is 17.4 Å². The Bertz CT molecular complexity index is 875. The molecule has 0 radical (unpaired) electrons. The molecule has 2 aromatic carbocycles. The quantitative estimate of drug-likeness (QED) is 0.651. The van der Waals surface area contributed by atoms with Crippen LogP contribution < -0.4 is 4.90 Å². The van der Waals surface area contributed by atoms with Gasteiger partial charge in [0.2, 0.25) is 5.91 Å². The Hall–Kier alpha value is -2.73. The molecule has 30 heavy (non-hydrogen) atoms. The highest BCUT2D eigenvalue weighted by atomic mass is 19.1. The van der Waals surface area contributed by atoms with Crippen molar-refractivity contribution in [1.29, 1.82) is 0 Å². The molecule has 0 spiro atoms. The molecule has 1 fully saturated rings. The van der Waals surface area contributed by atoms with Gasteiger partial charge in [-0.25, -0.2) is 4.39 Å². The maximum absolute atomic E-state index is 14.5. The highest BCUT2D eigenvalue weighted by Crippen LogP contribution is 2.26. The zero-order valence-corrected chi connectivity index (χ0v) is 18.0. The molecule has 1 aliphatic heterocycles. The van der Waals surface area contributed by atoms with Gasteiger partial charge in [-0.05, 0) is 43.8 Å². The van der Waals surface area contributed by atoms with Gasteiger partial charge in [0.05, 0.1) is 5.69 Å². The Labute approximate surface area is 178 Å². The smallest absolute Gasteiger partial charge is 0.244 e. The minimum atomic E-state index is -0.396. The van der Waals surface area contributed by atoms with E-state index in [-0.39, 0.29) is 17.7 Å². The molecule has 6 heteroatoms. The van der Waals surface area contributed by atoms with E-state index in [1.807, 2.05) is 40.1 Å². The summed E-state index contributed by atoms with van der Waals surface area (Å²) in [6, 6.07) is 14.2. The van der Waals surface area contributed by atoms with Crippen molar-refractivity contribution < 1.29 is 14.0 Å². The van der Waals surface area contributed by atoms with Crippen LogP contribution in [0.15, 0.2) is 48.5 Å². The Kier molecular flexibility index (Phi) is 7.21. The van der Waals surface area contributed by atoms with Crippen molar-refractivity contribution in [2.45, 2.75) is 26.8 Å². The van der Waals surface area contributed by atoms with Gasteiger partial charge in [0.15, 0.2) is 5.78 Å². The Balaban J connectivity index is 1.73. The number of hydrogen-bond acceptors (Lipinski definition) is 4. The van der Waals surface area contributed by atoms with Gasteiger partial charge >= 0.3 is 0 Å². The third-order valence-electron chi connectivity index (χ3n) is 5.81. The summed E-state index contributed by atoms with van der Waals surface area (Å²) < 4.78 is 14.5. The van der Waals surface area contributed by atoms with Crippen LogP contribution in [0.4, 0.5) is 10.1 Å². The highest BCUT2D eigenvalue weighted by Gasteiger charge is 2.32. The van der Waals surface area contributed by atoms with Crippen LogP contribution in [0, 0.1) is 5.82 Å². The van der Waals surface area contributed by atoms with Gasteiger partial charge in [-0.2, -0.15) is 0 Å². The third-order valence-corrected chi connectivity index (χ3v) is 5.81. The average Bonchev–Trinajstić information content (AvgIpc) is 2.77. The number of hydrogen-bond donors (Lipinski definition) is 0. The monoisotopic (exact) mass is 411 g/mol. The van der Waals surface area contributed by atoms with Crippen molar-refractivity contribution in [3.63, 3.8) is 0 Å². The number of rotatable bonds is 7. The van der Waals surface area contributed by atoms with Crippen molar-refractivity contribution in [2.75, 3.05) is 44.2 Å². The van der Waals surface area contributed by atoms with Crippen LogP contribution >= 0.6 is 0 Å². The summed E-state index contributed by atoms with van der Waals surface area (Å²) >= 11 is 0. The lowest BCUT2D eigenvalue weighted by atomic mass is 10.0. The molecule has 0 bridgehead atoms. The van der Waals surface area contributed by atoms with Gasteiger partial charge < -0.3 is 9.80 Å². The number of anilines is 1. The van der Waals surface area contributed by atoms with E-state index in [0.717, 1.165) is 18.7 Å². The van der Waals surface area contributed by atoms with Gasteiger partial charge in [0.1, 0.15) is 11.9 Å². The number of piperazine rings is 1. The lowest BCUT2D eigenvalue weighted by Crippen LogP contribution is -2.52. The average molecular weight is 412 g/mol. The normalized spacial score (nSPS) is 15.4. The first-order valence-electron chi connectivity index (χ1n) is 10.6. The second kappa shape index (κ2) is 9.85. The van der Waals surface area contributed by atoms with Crippen LogP contribution in [0.3, 0.4) is 0 Å². The van der Waals surface area contributed by atoms with Gasteiger partial charge in [-0.3, -0.25) is 14.5 Å². The van der Waals surface area contributed by atoms with Gasteiger partial charge in [0, 0.05) is 31.7 Å².